The number of halogens is 1. The number of fused-ring (bicyclic) bond motifs is 1. The fourth-order valence-electron chi connectivity index (χ4n) is 2.57. The van der Waals surface area contributed by atoms with Crippen molar-refractivity contribution in [1.82, 2.24) is 0 Å². The second kappa shape index (κ2) is 6.20. The molecule has 0 saturated heterocycles. The first kappa shape index (κ1) is 14.6. The third-order valence-corrected chi connectivity index (χ3v) is 5.91. The molecule has 5 heteroatoms. The lowest BCUT2D eigenvalue weighted by molar-refractivity contribution is -0.116. The number of ether oxygens (including phenoxy) is 1. The molecule has 21 heavy (non-hydrogen) atoms. The van der Waals surface area contributed by atoms with E-state index in [2.05, 4.69) is 33.4 Å². The van der Waals surface area contributed by atoms with E-state index in [9.17, 15) is 4.79 Å². The van der Waals surface area contributed by atoms with Crippen LogP contribution in [0.4, 0.5) is 5.69 Å². The first-order chi connectivity index (χ1) is 10.2. The van der Waals surface area contributed by atoms with E-state index in [1.54, 1.807) is 18.4 Å². The SMILES string of the molecule is COc1ccsc1C(Br)c1ccc2c(c1)CCCC(=O)N2. The molecule has 1 N–H and O–H groups in total. The summed E-state index contributed by atoms with van der Waals surface area (Å²) >= 11 is 5.44. The number of alkyl halides is 1. The fourth-order valence-corrected chi connectivity index (χ4v) is 4.26. The number of methoxy groups -OCH3 is 1. The van der Waals surface area contributed by atoms with Crippen molar-refractivity contribution in [2.45, 2.75) is 24.1 Å². The number of benzene rings is 1. The van der Waals surface area contributed by atoms with Gasteiger partial charge in [0, 0.05) is 12.1 Å². The highest BCUT2D eigenvalue weighted by Crippen LogP contribution is 2.41. The van der Waals surface area contributed by atoms with Gasteiger partial charge in [-0.1, -0.05) is 28.1 Å². The van der Waals surface area contributed by atoms with Crippen LogP contribution in [0.25, 0.3) is 0 Å². The number of carbonyl (C=O) groups is 1. The standard InChI is InChI=1S/C16H16BrNO2S/c1-20-13-7-8-21-16(13)15(17)11-5-6-12-10(9-11)3-2-4-14(19)18-12/h5-9,15H,2-4H2,1H3,(H,18,19). The topological polar surface area (TPSA) is 38.3 Å². The minimum Gasteiger partial charge on any atom is -0.496 e. The normalized spacial score (nSPS) is 15.8. The van der Waals surface area contributed by atoms with Crippen molar-refractivity contribution in [2.75, 3.05) is 12.4 Å². The van der Waals surface area contributed by atoms with Crippen LogP contribution in [0.15, 0.2) is 29.6 Å². The van der Waals surface area contributed by atoms with Gasteiger partial charge in [0.1, 0.15) is 5.75 Å². The lowest BCUT2D eigenvalue weighted by atomic mass is 10.0. The van der Waals surface area contributed by atoms with Gasteiger partial charge in [-0.2, -0.15) is 0 Å². The number of aryl methyl sites for hydroxylation is 1. The quantitative estimate of drug-likeness (QED) is 0.812. The van der Waals surface area contributed by atoms with E-state index in [-0.39, 0.29) is 10.7 Å². The molecule has 0 aliphatic carbocycles. The average molecular weight is 366 g/mol. The lowest BCUT2D eigenvalue weighted by Crippen LogP contribution is -2.09. The van der Waals surface area contributed by atoms with E-state index in [0.717, 1.165) is 29.2 Å². The molecule has 1 aromatic heterocycles. The van der Waals surface area contributed by atoms with E-state index in [1.807, 2.05) is 17.5 Å². The Kier molecular flexibility index (Phi) is 4.31. The predicted octanol–water partition coefficient (Wildman–Crippen LogP) is 4.52. The molecule has 2 heterocycles. The number of amides is 1. The predicted molar refractivity (Wildman–Crippen MR) is 89.7 cm³/mol. The molecule has 0 bridgehead atoms. The Labute approximate surface area is 136 Å². The largest absolute Gasteiger partial charge is 0.496 e. The average Bonchev–Trinajstić information content (AvgIpc) is 2.88. The van der Waals surface area contributed by atoms with Gasteiger partial charge in [-0.25, -0.2) is 0 Å². The molecular weight excluding hydrogens is 350 g/mol. The maximum atomic E-state index is 11.6. The van der Waals surface area contributed by atoms with Gasteiger partial charge >= 0.3 is 0 Å². The van der Waals surface area contributed by atoms with Gasteiger partial charge in [0.25, 0.3) is 0 Å². The molecule has 3 nitrogen and oxygen atoms in total. The Bertz CT molecular complexity index is 668. The van der Waals surface area contributed by atoms with Crippen LogP contribution in [0.2, 0.25) is 0 Å². The number of carbonyl (C=O) groups excluding carboxylic acids is 1. The molecule has 3 rings (SSSR count). The Hall–Kier alpha value is -1.33. The zero-order valence-corrected chi connectivity index (χ0v) is 14.1. The first-order valence-corrected chi connectivity index (χ1v) is 8.66. The summed E-state index contributed by atoms with van der Waals surface area (Å²) in [4.78, 5) is 12.9. The van der Waals surface area contributed by atoms with Crippen LogP contribution in [0.1, 0.15) is 33.7 Å². The van der Waals surface area contributed by atoms with Crippen molar-refractivity contribution in [1.29, 1.82) is 0 Å². The van der Waals surface area contributed by atoms with Gasteiger partial charge in [-0.15, -0.1) is 11.3 Å². The molecular formula is C16H16BrNO2S. The molecule has 1 aliphatic rings. The summed E-state index contributed by atoms with van der Waals surface area (Å²) in [5.41, 5.74) is 3.34. The number of nitrogens with one attached hydrogen (secondary N) is 1. The van der Waals surface area contributed by atoms with Crippen LogP contribution in [-0.2, 0) is 11.2 Å². The summed E-state index contributed by atoms with van der Waals surface area (Å²) in [5.74, 6) is 1.02. The molecule has 1 atom stereocenters. The second-order valence-electron chi connectivity index (χ2n) is 5.03. The maximum absolute atomic E-state index is 11.6. The van der Waals surface area contributed by atoms with E-state index in [4.69, 9.17) is 4.74 Å². The van der Waals surface area contributed by atoms with Crippen molar-refractivity contribution >= 4 is 38.9 Å². The fraction of sp³-hybridized carbons (Fsp3) is 0.312. The Balaban J connectivity index is 1.93. The van der Waals surface area contributed by atoms with Crippen molar-refractivity contribution in [3.05, 3.63) is 45.6 Å². The van der Waals surface area contributed by atoms with Crippen molar-refractivity contribution in [3.63, 3.8) is 0 Å². The van der Waals surface area contributed by atoms with Crippen LogP contribution >= 0.6 is 27.3 Å². The summed E-state index contributed by atoms with van der Waals surface area (Å²) in [6.07, 6.45) is 2.43. The highest BCUT2D eigenvalue weighted by molar-refractivity contribution is 9.09. The number of rotatable bonds is 3. The first-order valence-electron chi connectivity index (χ1n) is 6.87. The molecule has 0 spiro atoms. The van der Waals surface area contributed by atoms with Gasteiger partial charge in [0.05, 0.1) is 16.8 Å². The third-order valence-electron chi connectivity index (χ3n) is 3.65. The van der Waals surface area contributed by atoms with Gasteiger partial charge in [0.15, 0.2) is 0 Å². The minimum absolute atomic E-state index is 0.108. The molecule has 110 valence electrons. The summed E-state index contributed by atoms with van der Waals surface area (Å²) < 4.78 is 5.40. The minimum atomic E-state index is 0.108. The van der Waals surface area contributed by atoms with Crippen LogP contribution in [0.5, 0.6) is 5.75 Å². The molecule has 0 saturated carbocycles. The van der Waals surface area contributed by atoms with Crippen molar-refractivity contribution in [3.8, 4) is 5.75 Å². The van der Waals surface area contributed by atoms with Crippen LogP contribution in [0.3, 0.4) is 0 Å². The zero-order chi connectivity index (χ0) is 14.8. The number of hydrogen-bond donors (Lipinski definition) is 1. The zero-order valence-electron chi connectivity index (χ0n) is 11.7. The molecule has 0 fully saturated rings. The van der Waals surface area contributed by atoms with Gasteiger partial charge in [-0.3, -0.25) is 4.79 Å². The highest BCUT2D eigenvalue weighted by atomic mass is 79.9. The highest BCUT2D eigenvalue weighted by Gasteiger charge is 2.19. The summed E-state index contributed by atoms with van der Waals surface area (Å²) in [5, 5.41) is 5.00. The van der Waals surface area contributed by atoms with E-state index >= 15 is 0 Å². The second-order valence-corrected chi connectivity index (χ2v) is 6.90. The van der Waals surface area contributed by atoms with Crippen LogP contribution in [0, 0.1) is 0 Å². The molecule has 1 unspecified atom stereocenters. The Morgan fingerprint density at radius 3 is 3.00 bits per heavy atom. The molecule has 0 radical (unpaired) electrons. The van der Waals surface area contributed by atoms with Crippen LogP contribution in [-0.4, -0.2) is 13.0 Å². The molecule has 2 aromatic rings. The number of anilines is 1. The van der Waals surface area contributed by atoms with Crippen LogP contribution < -0.4 is 10.1 Å². The monoisotopic (exact) mass is 365 g/mol. The van der Waals surface area contributed by atoms with Crippen molar-refractivity contribution < 1.29 is 9.53 Å². The Morgan fingerprint density at radius 2 is 2.19 bits per heavy atom. The lowest BCUT2D eigenvalue weighted by Gasteiger charge is -2.14. The molecule has 1 aliphatic heterocycles. The van der Waals surface area contributed by atoms with Crippen molar-refractivity contribution in [2.24, 2.45) is 0 Å². The summed E-state index contributed by atoms with van der Waals surface area (Å²) in [6, 6.07) is 8.22. The Morgan fingerprint density at radius 1 is 1.33 bits per heavy atom. The number of hydrogen-bond acceptors (Lipinski definition) is 3. The summed E-state index contributed by atoms with van der Waals surface area (Å²) in [6.45, 7) is 0. The molecule has 1 aromatic carbocycles. The van der Waals surface area contributed by atoms with E-state index in [0.29, 0.717) is 6.42 Å². The van der Waals surface area contributed by atoms with E-state index in [1.165, 1.54) is 11.1 Å². The summed E-state index contributed by atoms with van der Waals surface area (Å²) in [7, 11) is 1.69. The number of thiophene rings is 1. The maximum Gasteiger partial charge on any atom is 0.224 e. The van der Waals surface area contributed by atoms with Gasteiger partial charge < -0.3 is 10.1 Å². The smallest absolute Gasteiger partial charge is 0.224 e. The van der Waals surface area contributed by atoms with E-state index < -0.39 is 0 Å². The molecule has 1 amide bonds. The van der Waals surface area contributed by atoms with Gasteiger partial charge in [-0.05, 0) is 41.5 Å². The van der Waals surface area contributed by atoms with Gasteiger partial charge in [0.2, 0.25) is 5.91 Å². The third kappa shape index (κ3) is 2.99.